The van der Waals surface area contributed by atoms with Crippen LogP contribution in [0.2, 0.25) is 0 Å². The Morgan fingerprint density at radius 2 is 1.69 bits per heavy atom. The maximum Gasteiger partial charge on any atom is 0.412 e. The number of nitrogens with one attached hydrogen (secondary N) is 1. The Balaban J connectivity index is 1.84. The molecule has 51 heavy (non-hydrogen) atoms. The Hall–Kier alpha value is -2.60. The van der Waals surface area contributed by atoms with Gasteiger partial charge < -0.3 is 33.7 Å². The fraction of sp³-hybridized carbons (Fsp3) is 0.800. The molecule has 0 unspecified atom stereocenters. The molecule has 2 aliphatic heterocycles. The van der Waals surface area contributed by atoms with E-state index in [1.807, 2.05) is 40.7 Å². The van der Waals surface area contributed by atoms with Gasteiger partial charge in [-0.2, -0.15) is 0 Å². The van der Waals surface area contributed by atoms with Gasteiger partial charge in [-0.1, -0.05) is 33.8 Å². The summed E-state index contributed by atoms with van der Waals surface area (Å²) in [6, 6.07) is 5.83. The van der Waals surface area contributed by atoms with Crippen LogP contribution in [0.25, 0.3) is 0 Å². The van der Waals surface area contributed by atoms with Crippen molar-refractivity contribution in [3.63, 3.8) is 0 Å². The average Bonchev–Trinajstić information content (AvgIpc) is 3.31. The van der Waals surface area contributed by atoms with Gasteiger partial charge in [-0.15, -0.1) is 0 Å². The molecule has 1 aromatic carbocycles. The molecule has 11 nitrogen and oxygen atoms in total. The van der Waals surface area contributed by atoms with Gasteiger partial charge in [-0.3, -0.25) is 14.6 Å². The average molecular weight is 720 g/mol. The molecule has 2 aliphatic rings. The fourth-order valence-corrected chi connectivity index (χ4v) is 7.15. The topological polar surface area (TPSA) is 108 Å². The Bertz CT molecular complexity index is 1210. The Morgan fingerprint density at radius 3 is 2.29 bits per heavy atom. The predicted molar refractivity (Wildman–Crippen MR) is 200 cm³/mol. The number of amides is 2. The highest BCUT2D eigenvalue weighted by Crippen LogP contribution is 2.42. The zero-order valence-corrected chi connectivity index (χ0v) is 33.5. The van der Waals surface area contributed by atoms with Gasteiger partial charge in [0.15, 0.2) is 11.5 Å². The molecule has 2 fully saturated rings. The summed E-state index contributed by atoms with van der Waals surface area (Å²) in [5.74, 6) is 1.77. The van der Waals surface area contributed by atoms with E-state index in [-0.39, 0.29) is 35.8 Å². The van der Waals surface area contributed by atoms with Crippen LogP contribution in [0.15, 0.2) is 18.2 Å². The van der Waals surface area contributed by atoms with Crippen LogP contribution in [-0.2, 0) is 30.2 Å². The third-order valence-corrected chi connectivity index (χ3v) is 10.0. The third-order valence-electron chi connectivity index (χ3n) is 10.0. The van der Waals surface area contributed by atoms with Gasteiger partial charge in [0, 0.05) is 45.7 Å². The molecule has 292 valence electrons. The van der Waals surface area contributed by atoms with E-state index in [1.54, 1.807) is 19.1 Å². The molecule has 0 radical (unpaired) electrons. The number of hydrogen-bond acceptors (Lipinski definition) is 9. The number of nitrogens with zero attached hydrogens (tertiary/aromatic N) is 2. The Labute approximate surface area is 308 Å². The summed E-state index contributed by atoms with van der Waals surface area (Å²) in [4.78, 5) is 31.9. The number of morpholine rings is 1. The van der Waals surface area contributed by atoms with Crippen LogP contribution in [0.1, 0.15) is 93.6 Å². The number of rotatable bonds is 19. The van der Waals surface area contributed by atoms with Gasteiger partial charge in [0.2, 0.25) is 5.91 Å². The van der Waals surface area contributed by atoms with Crippen LogP contribution >= 0.6 is 0 Å². The summed E-state index contributed by atoms with van der Waals surface area (Å²) in [5.41, 5.74) is -0.456. The highest BCUT2D eigenvalue weighted by atomic mass is 16.6. The first kappa shape index (κ1) is 42.8. The van der Waals surface area contributed by atoms with E-state index >= 15 is 0 Å². The molecule has 1 aromatic rings. The second-order valence-electron chi connectivity index (χ2n) is 16.3. The van der Waals surface area contributed by atoms with Crippen molar-refractivity contribution in [2.45, 2.75) is 118 Å². The molecule has 0 saturated carbocycles. The molecule has 4 atom stereocenters. The van der Waals surface area contributed by atoms with E-state index < -0.39 is 17.4 Å². The maximum atomic E-state index is 14.0. The highest BCUT2D eigenvalue weighted by molar-refractivity contribution is 5.79. The lowest BCUT2D eigenvalue weighted by atomic mass is 9.80. The lowest BCUT2D eigenvalue weighted by Crippen LogP contribution is -2.51. The maximum absolute atomic E-state index is 14.0. The van der Waals surface area contributed by atoms with Gasteiger partial charge in [-0.05, 0) is 102 Å². The van der Waals surface area contributed by atoms with Crippen LogP contribution in [0.3, 0.4) is 0 Å². The fourth-order valence-electron chi connectivity index (χ4n) is 7.15. The normalized spacial score (nSPS) is 20.8. The molecule has 3 rings (SSSR count). The molecule has 2 heterocycles. The second kappa shape index (κ2) is 20.0. The third kappa shape index (κ3) is 13.4. The molecular weight excluding hydrogens is 650 g/mol. The molecule has 1 N–H and O–H groups in total. The number of benzene rings is 1. The lowest BCUT2D eigenvalue weighted by molar-refractivity contribution is -0.129. The van der Waals surface area contributed by atoms with Crippen molar-refractivity contribution >= 4 is 12.0 Å². The van der Waals surface area contributed by atoms with E-state index in [1.165, 1.54) is 0 Å². The van der Waals surface area contributed by atoms with E-state index in [0.717, 1.165) is 57.7 Å². The predicted octanol–water partition coefficient (Wildman–Crippen LogP) is 6.56. The first-order chi connectivity index (χ1) is 24.1. The van der Waals surface area contributed by atoms with Crippen LogP contribution in [0, 0.1) is 23.7 Å². The molecule has 0 aromatic heterocycles. The second-order valence-corrected chi connectivity index (χ2v) is 16.3. The number of methoxy groups -OCH3 is 2. The van der Waals surface area contributed by atoms with E-state index in [9.17, 15) is 9.59 Å². The quantitative estimate of drug-likeness (QED) is 0.159. The standard InChI is InChI=1S/C40H69N3O8/c1-28(2)31(24-30-14-15-34(47-11)36(25-30)49-21-13-20-46-10)26-33-35(50-40(8,9)43(33)38(45)51-39(5,6)7)27-32(29(3)4)37(44)41-16-12-17-42-18-22-48-23-19-42/h14-15,25,28-29,31-33,35H,12-13,16-24,26-27H2,1-11H3,(H,41,44)/t31-,32-,33-,35-/m0/s1. The van der Waals surface area contributed by atoms with Crippen molar-refractivity contribution in [3.05, 3.63) is 23.8 Å². The van der Waals surface area contributed by atoms with E-state index in [4.69, 9.17) is 28.4 Å². The minimum atomic E-state index is -0.918. The minimum absolute atomic E-state index is 0.0412. The molecule has 2 amide bonds. The van der Waals surface area contributed by atoms with Gasteiger partial charge >= 0.3 is 6.09 Å². The van der Waals surface area contributed by atoms with Gasteiger partial charge in [0.25, 0.3) is 0 Å². The number of carbonyl (C=O) groups excluding carboxylic acids is 2. The van der Waals surface area contributed by atoms with Crippen molar-refractivity contribution < 1.29 is 38.0 Å². The molecule has 0 bridgehead atoms. The molecule has 2 saturated heterocycles. The van der Waals surface area contributed by atoms with Crippen LogP contribution < -0.4 is 14.8 Å². The zero-order valence-electron chi connectivity index (χ0n) is 33.5. The first-order valence-corrected chi connectivity index (χ1v) is 19.1. The molecule has 11 heteroatoms. The smallest absolute Gasteiger partial charge is 0.412 e. The summed E-state index contributed by atoms with van der Waals surface area (Å²) in [6.07, 6.45) is 2.89. The van der Waals surface area contributed by atoms with Gasteiger partial charge in [0.1, 0.15) is 11.3 Å². The van der Waals surface area contributed by atoms with Crippen molar-refractivity contribution in [2.75, 3.05) is 66.8 Å². The summed E-state index contributed by atoms with van der Waals surface area (Å²) in [7, 11) is 3.34. The Morgan fingerprint density at radius 1 is 0.980 bits per heavy atom. The van der Waals surface area contributed by atoms with Crippen LogP contribution in [0.4, 0.5) is 4.79 Å². The Kier molecular flexibility index (Phi) is 16.8. The largest absolute Gasteiger partial charge is 0.493 e. The highest BCUT2D eigenvalue weighted by Gasteiger charge is 2.52. The van der Waals surface area contributed by atoms with Gasteiger partial charge in [-0.25, -0.2) is 4.79 Å². The van der Waals surface area contributed by atoms with Crippen LogP contribution in [0.5, 0.6) is 11.5 Å². The van der Waals surface area contributed by atoms with E-state index in [2.05, 4.69) is 50.0 Å². The first-order valence-electron chi connectivity index (χ1n) is 19.1. The number of hydrogen-bond donors (Lipinski definition) is 1. The molecular formula is C40H69N3O8. The summed E-state index contributed by atoms with van der Waals surface area (Å²) in [5, 5.41) is 3.22. The van der Waals surface area contributed by atoms with Gasteiger partial charge in [0.05, 0.1) is 39.1 Å². The van der Waals surface area contributed by atoms with Crippen molar-refractivity contribution in [2.24, 2.45) is 23.7 Å². The van der Waals surface area contributed by atoms with Crippen molar-refractivity contribution in [1.82, 2.24) is 15.1 Å². The zero-order chi connectivity index (χ0) is 37.8. The summed E-state index contributed by atoms with van der Waals surface area (Å²) in [6.45, 7) is 24.3. The number of carbonyl (C=O) groups is 2. The summed E-state index contributed by atoms with van der Waals surface area (Å²) < 4.78 is 35.1. The SMILES string of the molecule is COCCCOc1cc(C[C@@H](C[C@H]2[C@H](C[C@H](C(=O)NCCCN3CCOCC3)C(C)C)OC(C)(C)N2C(=O)OC(C)(C)C)C(C)C)ccc1OC. The lowest BCUT2D eigenvalue weighted by Gasteiger charge is -2.37. The number of ether oxygens (including phenoxy) is 6. The summed E-state index contributed by atoms with van der Waals surface area (Å²) >= 11 is 0. The molecule has 0 spiro atoms. The molecule has 0 aliphatic carbocycles. The monoisotopic (exact) mass is 720 g/mol. The van der Waals surface area contributed by atoms with Crippen molar-refractivity contribution in [1.29, 1.82) is 0 Å². The van der Waals surface area contributed by atoms with Crippen molar-refractivity contribution in [3.8, 4) is 11.5 Å². The van der Waals surface area contributed by atoms with E-state index in [0.29, 0.717) is 50.0 Å². The minimum Gasteiger partial charge on any atom is -0.493 e. The van der Waals surface area contributed by atoms with Crippen LogP contribution in [-0.4, -0.2) is 112 Å².